The number of carboxylic acid groups (broad SMARTS) is 1. The van der Waals surface area contributed by atoms with Crippen molar-refractivity contribution in [2.75, 3.05) is 40.0 Å². The average Bonchev–Trinajstić information content (AvgIpc) is 3.14. The Morgan fingerprint density at radius 3 is 1.74 bits per heavy atom. The van der Waals surface area contributed by atoms with Crippen LogP contribution in [-0.4, -0.2) is 159 Å². The zero-order chi connectivity index (χ0) is 43.3. The molecular formula is C34H62N2O20S2. The number of carbonyl (C=O) groups excluding carboxylic acids is 2. The third-order valence-electron chi connectivity index (χ3n) is 9.51. The monoisotopic (exact) mass is 882 g/mol. The number of aliphatic carboxylic acids is 1. The molecule has 0 saturated carbocycles. The fourth-order valence-corrected chi connectivity index (χ4v) is 7.08. The second-order valence-electron chi connectivity index (χ2n) is 14.2. The Balaban J connectivity index is 1.73. The van der Waals surface area contributed by atoms with Crippen LogP contribution in [0.5, 0.6) is 0 Å². The number of nitrogens with one attached hydrogen (secondary N) is 2. The number of hydrogen-bond donors (Lipinski definition) is 8. The van der Waals surface area contributed by atoms with Gasteiger partial charge in [0.1, 0.15) is 24.4 Å². The molecule has 10 atom stereocenters. The normalized spacial score (nSPS) is 27.9. The highest BCUT2D eigenvalue weighted by Crippen LogP contribution is 2.33. The summed E-state index contributed by atoms with van der Waals surface area (Å²) >= 11 is 0. The summed E-state index contributed by atoms with van der Waals surface area (Å²) in [6.45, 7) is 1.96. The van der Waals surface area contributed by atoms with Crippen LogP contribution in [0.25, 0.3) is 0 Å². The number of aliphatic hydroxyl groups is 3. The molecule has 2 aliphatic heterocycles. The van der Waals surface area contributed by atoms with Gasteiger partial charge >= 0.3 is 26.8 Å². The number of aliphatic hydroxyl groups excluding tert-OH is 3. The number of hydrogen-bond acceptors (Lipinski definition) is 17. The van der Waals surface area contributed by atoms with Crippen LogP contribution in [0, 0.1) is 5.92 Å². The van der Waals surface area contributed by atoms with E-state index in [-0.39, 0.29) is 18.4 Å². The Kier molecular flexibility index (Phi) is 24.1. The number of unbranched alkanes of at least 4 members (excludes halogenated alkanes) is 9. The van der Waals surface area contributed by atoms with Crippen LogP contribution in [0.4, 0.5) is 0 Å². The van der Waals surface area contributed by atoms with E-state index in [2.05, 4.69) is 19.0 Å². The summed E-state index contributed by atoms with van der Waals surface area (Å²) in [6.07, 6.45) is -6.55. The number of rotatable bonds is 30. The summed E-state index contributed by atoms with van der Waals surface area (Å²) in [5.41, 5.74) is 0. The first-order valence-electron chi connectivity index (χ1n) is 19.5. The Bertz CT molecular complexity index is 1440. The van der Waals surface area contributed by atoms with Gasteiger partial charge in [-0.1, -0.05) is 45.4 Å². The topological polar surface area (TPSA) is 330 Å². The molecule has 2 rings (SSSR count). The third-order valence-corrected chi connectivity index (χ3v) is 10.4. The van der Waals surface area contributed by atoms with Gasteiger partial charge in [0.25, 0.3) is 0 Å². The maximum absolute atomic E-state index is 12.2. The lowest BCUT2D eigenvalue weighted by molar-refractivity contribution is -0.343. The van der Waals surface area contributed by atoms with Crippen LogP contribution in [0.1, 0.15) is 96.8 Å². The van der Waals surface area contributed by atoms with Crippen LogP contribution in [0.2, 0.25) is 0 Å². The number of carboxylic acids is 1. The van der Waals surface area contributed by atoms with Crippen LogP contribution in [-0.2, 0) is 67.2 Å². The van der Waals surface area contributed by atoms with Gasteiger partial charge in [-0.25, -0.2) is 13.2 Å². The maximum Gasteiger partial charge on any atom is 0.397 e. The minimum absolute atomic E-state index is 0.0569. The molecule has 24 heteroatoms. The highest BCUT2D eigenvalue weighted by Gasteiger charge is 2.54. The molecule has 22 nitrogen and oxygen atoms in total. The number of carbonyl (C=O) groups is 3. The molecule has 0 aromatic heterocycles. The molecule has 2 aliphatic rings. The van der Waals surface area contributed by atoms with Crippen molar-refractivity contribution in [2.45, 2.75) is 152 Å². The van der Waals surface area contributed by atoms with Crippen molar-refractivity contribution in [2.24, 2.45) is 5.92 Å². The van der Waals surface area contributed by atoms with Gasteiger partial charge in [-0.05, 0) is 38.5 Å². The molecule has 0 radical (unpaired) electrons. The van der Waals surface area contributed by atoms with Crippen molar-refractivity contribution in [3.8, 4) is 0 Å². The van der Waals surface area contributed by atoms with Gasteiger partial charge in [0.15, 0.2) is 24.8 Å². The molecule has 0 aromatic rings. The number of ether oxygens (including phenoxy) is 5. The van der Waals surface area contributed by atoms with Gasteiger partial charge in [-0.2, -0.15) is 16.8 Å². The summed E-state index contributed by atoms with van der Waals surface area (Å²) in [5.74, 6) is -2.86. The summed E-state index contributed by atoms with van der Waals surface area (Å²) in [6, 6.07) is 0. The second kappa shape index (κ2) is 26.9. The van der Waals surface area contributed by atoms with Gasteiger partial charge in [-0.3, -0.25) is 18.7 Å². The summed E-state index contributed by atoms with van der Waals surface area (Å²) < 4.78 is 99.4. The minimum Gasteiger partial charge on any atom is -0.479 e. The largest absolute Gasteiger partial charge is 0.479 e. The van der Waals surface area contributed by atoms with Gasteiger partial charge in [0.05, 0.1) is 12.7 Å². The van der Waals surface area contributed by atoms with Gasteiger partial charge in [0, 0.05) is 52.2 Å². The molecular weight excluding hydrogens is 821 g/mol. The van der Waals surface area contributed by atoms with Gasteiger partial charge < -0.3 is 54.7 Å². The molecule has 340 valence electrons. The van der Waals surface area contributed by atoms with E-state index in [0.29, 0.717) is 58.2 Å². The van der Waals surface area contributed by atoms with Crippen molar-refractivity contribution in [3.63, 3.8) is 0 Å². The van der Waals surface area contributed by atoms with Crippen molar-refractivity contribution in [1.29, 1.82) is 0 Å². The maximum atomic E-state index is 12.2. The van der Waals surface area contributed by atoms with Crippen LogP contribution >= 0.6 is 0 Å². The molecule has 2 heterocycles. The molecule has 10 unspecified atom stereocenters. The number of methoxy groups -OCH3 is 1. The van der Waals surface area contributed by atoms with Gasteiger partial charge in [-0.15, -0.1) is 0 Å². The zero-order valence-corrected chi connectivity index (χ0v) is 34.6. The Hall–Kier alpha value is -2.17. The minimum atomic E-state index is -5.29. The molecule has 0 bridgehead atoms. The smallest absolute Gasteiger partial charge is 0.397 e. The predicted octanol–water partition coefficient (Wildman–Crippen LogP) is -0.0110. The number of amides is 2. The second-order valence-corrected chi connectivity index (χ2v) is 16.4. The quantitative estimate of drug-likeness (QED) is 0.0347. The van der Waals surface area contributed by atoms with Gasteiger partial charge in [0.2, 0.25) is 11.8 Å². The molecule has 2 amide bonds. The SMILES string of the molecule is COCCCCCC(=O)NCCCCCCCC(=O)NCCCCCCOC1OC(C(=O)O)C(OC2OC(COS(=O)(=O)O)C(O)C(O)C2C)C(O)C1OS(=O)(=O)O. The molecule has 2 fully saturated rings. The van der Waals surface area contributed by atoms with Crippen LogP contribution in [0.3, 0.4) is 0 Å². The highest BCUT2D eigenvalue weighted by atomic mass is 32.3. The first kappa shape index (κ1) is 52.0. The van der Waals surface area contributed by atoms with E-state index in [1.807, 2.05) is 0 Å². The third kappa shape index (κ3) is 20.4. The lowest BCUT2D eigenvalue weighted by Crippen LogP contribution is -2.64. The lowest BCUT2D eigenvalue weighted by Gasteiger charge is -2.46. The van der Waals surface area contributed by atoms with Crippen molar-refractivity contribution >= 4 is 38.6 Å². The van der Waals surface area contributed by atoms with E-state index in [0.717, 1.165) is 51.4 Å². The van der Waals surface area contributed by atoms with Crippen molar-refractivity contribution in [1.82, 2.24) is 10.6 Å². The molecule has 0 aromatic carbocycles. The van der Waals surface area contributed by atoms with E-state index >= 15 is 0 Å². The highest BCUT2D eigenvalue weighted by molar-refractivity contribution is 7.81. The molecule has 58 heavy (non-hydrogen) atoms. The van der Waals surface area contributed by atoms with E-state index in [1.165, 1.54) is 6.92 Å². The van der Waals surface area contributed by atoms with Crippen LogP contribution in [0.15, 0.2) is 0 Å². The first-order chi connectivity index (χ1) is 27.3. The fourth-order valence-electron chi connectivity index (χ4n) is 6.29. The zero-order valence-electron chi connectivity index (χ0n) is 32.9. The molecule has 0 spiro atoms. The predicted molar refractivity (Wildman–Crippen MR) is 199 cm³/mol. The van der Waals surface area contributed by atoms with E-state index in [4.69, 9.17) is 28.2 Å². The Labute approximate surface area is 339 Å². The standard InChI is InChI=1S/C34H62N2O20S2/c1-22-26(39)27(40)23(21-52-57(44,45)46)53-33(22)54-29-28(41)30(56-58(47,48)49)34(55-31(29)32(42)43)51-20-14-7-6-12-18-36-24(37)15-9-4-3-5-11-17-35-25(38)16-10-8-13-19-50-2/h22-23,26-31,33-34,39-41H,3-21H2,1-2H3,(H,35,38)(H,36,37)(H,42,43)(H,44,45,46)(H,47,48,49). The van der Waals surface area contributed by atoms with E-state index in [1.54, 1.807) is 7.11 Å². The van der Waals surface area contributed by atoms with Crippen LogP contribution < -0.4 is 10.6 Å². The first-order valence-corrected chi connectivity index (χ1v) is 22.2. The Morgan fingerprint density at radius 2 is 1.19 bits per heavy atom. The summed E-state index contributed by atoms with van der Waals surface area (Å²) in [5, 5.41) is 47.6. The van der Waals surface area contributed by atoms with E-state index in [9.17, 15) is 56.2 Å². The molecule has 8 N–H and O–H groups in total. The van der Waals surface area contributed by atoms with Crippen molar-refractivity contribution in [3.05, 3.63) is 0 Å². The lowest BCUT2D eigenvalue weighted by atomic mass is 9.92. The summed E-state index contributed by atoms with van der Waals surface area (Å²) in [4.78, 5) is 36.2. The average molecular weight is 883 g/mol. The fraction of sp³-hybridized carbons (Fsp3) is 0.912. The van der Waals surface area contributed by atoms with E-state index < -0.39 is 94.6 Å². The summed E-state index contributed by atoms with van der Waals surface area (Å²) in [7, 11) is -8.63. The molecule has 2 saturated heterocycles. The van der Waals surface area contributed by atoms with Crippen molar-refractivity contribution < 1.29 is 92.8 Å². The molecule has 0 aliphatic carbocycles. The Morgan fingerprint density at radius 1 is 0.655 bits per heavy atom.